The minimum Gasteiger partial charge on any atom is -0.366 e. The quantitative estimate of drug-likeness (QED) is 0.675. The van der Waals surface area contributed by atoms with Crippen molar-refractivity contribution < 1.29 is 4.79 Å². The molecule has 6 nitrogen and oxygen atoms in total. The fraction of sp³-hybridized carbons (Fsp3) is 0.692. The minimum atomic E-state index is -0.161. The largest absolute Gasteiger partial charge is 0.366 e. The topological polar surface area (TPSA) is 81.8 Å². The van der Waals surface area contributed by atoms with E-state index in [4.69, 9.17) is 0 Å². The van der Waals surface area contributed by atoms with Crippen molar-refractivity contribution in [2.45, 2.75) is 58.0 Å². The van der Waals surface area contributed by atoms with E-state index in [1.807, 2.05) is 13.8 Å². The summed E-state index contributed by atoms with van der Waals surface area (Å²) < 4.78 is 0. The number of urea groups is 1. The summed E-state index contributed by atoms with van der Waals surface area (Å²) in [4.78, 5) is 11.8. The molecule has 0 aromatic carbocycles. The molecule has 2 rings (SSSR count). The van der Waals surface area contributed by atoms with Crippen molar-refractivity contribution in [2.24, 2.45) is 0 Å². The fourth-order valence-electron chi connectivity index (χ4n) is 2.35. The average molecular weight is 265 g/mol. The molecule has 0 unspecified atom stereocenters. The number of carbonyl (C=O) groups is 1. The third-order valence-electron chi connectivity index (χ3n) is 3.20. The van der Waals surface area contributed by atoms with E-state index < -0.39 is 0 Å². The maximum atomic E-state index is 11.8. The molecular formula is C13H23N5O. The monoisotopic (exact) mass is 265 g/mol. The lowest BCUT2D eigenvalue weighted by atomic mass is 9.96. The van der Waals surface area contributed by atoms with Crippen LogP contribution in [0.2, 0.25) is 0 Å². The number of rotatable bonds is 4. The number of aromatic nitrogens is 2. The second kappa shape index (κ2) is 6.45. The van der Waals surface area contributed by atoms with Gasteiger partial charge in [-0.1, -0.05) is 19.3 Å². The zero-order valence-electron chi connectivity index (χ0n) is 11.6. The molecule has 1 fully saturated rings. The molecule has 106 valence electrons. The predicted octanol–water partition coefficient (Wildman–Crippen LogP) is 2.68. The molecule has 19 heavy (non-hydrogen) atoms. The SMILES string of the molecule is CC(C)Nc1cc(NC(=O)NC2CCCCC2)[nH]n1. The molecule has 0 atom stereocenters. The van der Waals surface area contributed by atoms with Gasteiger partial charge in [0.1, 0.15) is 11.6 Å². The van der Waals surface area contributed by atoms with Crippen LogP contribution in [0.25, 0.3) is 0 Å². The molecule has 0 saturated heterocycles. The van der Waals surface area contributed by atoms with Crippen LogP contribution in [0.5, 0.6) is 0 Å². The van der Waals surface area contributed by atoms with Gasteiger partial charge < -0.3 is 10.6 Å². The highest BCUT2D eigenvalue weighted by molar-refractivity contribution is 5.88. The second-order valence-corrected chi connectivity index (χ2v) is 5.40. The van der Waals surface area contributed by atoms with Gasteiger partial charge in [-0.05, 0) is 26.7 Å². The number of carbonyl (C=O) groups excluding carboxylic acids is 1. The Kier molecular flexibility index (Phi) is 4.65. The number of nitrogens with one attached hydrogen (secondary N) is 4. The highest BCUT2D eigenvalue weighted by Gasteiger charge is 2.16. The first kappa shape index (κ1) is 13.7. The summed E-state index contributed by atoms with van der Waals surface area (Å²) in [5, 5.41) is 15.8. The third-order valence-corrected chi connectivity index (χ3v) is 3.20. The van der Waals surface area contributed by atoms with Crippen molar-refractivity contribution in [2.75, 3.05) is 10.6 Å². The average Bonchev–Trinajstić information content (AvgIpc) is 2.76. The molecule has 1 aliphatic rings. The number of H-pyrrole nitrogens is 1. The summed E-state index contributed by atoms with van der Waals surface area (Å²) in [6.45, 7) is 4.08. The van der Waals surface area contributed by atoms with Crippen molar-refractivity contribution in [3.05, 3.63) is 6.07 Å². The number of nitrogens with zero attached hydrogens (tertiary/aromatic N) is 1. The Bertz CT molecular complexity index is 409. The summed E-state index contributed by atoms with van der Waals surface area (Å²) in [7, 11) is 0. The number of amides is 2. The van der Waals surface area contributed by atoms with Crippen molar-refractivity contribution in [1.29, 1.82) is 0 Å². The number of aromatic amines is 1. The normalized spacial score (nSPS) is 16.4. The van der Waals surface area contributed by atoms with Gasteiger partial charge in [-0.15, -0.1) is 0 Å². The summed E-state index contributed by atoms with van der Waals surface area (Å²) >= 11 is 0. The predicted molar refractivity (Wildman–Crippen MR) is 76.4 cm³/mol. The van der Waals surface area contributed by atoms with E-state index in [0.29, 0.717) is 17.9 Å². The lowest BCUT2D eigenvalue weighted by molar-refractivity contribution is 0.244. The number of hydrogen-bond acceptors (Lipinski definition) is 3. The van der Waals surface area contributed by atoms with Gasteiger partial charge in [-0.3, -0.25) is 10.4 Å². The van der Waals surface area contributed by atoms with Gasteiger partial charge in [0.25, 0.3) is 0 Å². The fourth-order valence-corrected chi connectivity index (χ4v) is 2.35. The lowest BCUT2D eigenvalue weighted by Gasteiger charge is -2.22. The first-order chi connectivity index (χ1) is 9.13. The Hall–Kier alpha value is -1.72. The van der Waals surface area contributed by atoms with Crippen molar-refractivity contribution in [3.8, 4) is 0 Å². The zero-order valence-corrected chi connectivity index (χ0v) is 11.6. The Morgan fingerprint density at radius 2 is 2.11 bits per heavy atom. The minimum absolute atomic E-state index is 0.161. The lowest BCUT2D eigenvalue weighted by Crippen LogP contribution is -2.39. The molecule has 1 aliphatic carbocycles. The molecule has 6 heteroatoms. The standard InChI is InChI=1S/C13H23N5O/c1-9(2)14-11-8-12(18-17-11)16-13(19)15-10-6-4-3-5-7-10/h8-10H,3-7H2,1-2H3,(H4,14,15,16,17,18,19). The molecule has 0 spiro atoms. The molecule has 1 heterocycles. The maximum absolute atomic E-state index is 11.8. The highest BCUT2D eigenvalue weighted by atomic mass is 16.2. The first-order valence-electron chi connectivity index (χ1n) is 7.03. The molecule has 1 aromatic heterocycles. The van der Waals surface area contributed by atoms with Crippen molar-refractivity contribution in [3.63, 3.8) is 0 Å². The Balaban J connectivity index is 1.79. The third kappa shape index (κ3) is 4.46. The van der Waals surface area contributed by atoms with Crippen LogP contribution in [0, 0.1) is 0 Å². The van der Waals surface area contributed by atoms with Crippen LogP contribution in [0.4, 0.5) is 16.4 Å². The maximum Gasteiger partial charge on any atom is 0.320 e. The van der Waals surface area contributed by atoms with Crippen molar-refractivity contribution >= 4 is 17.7 Å². The van der Waals surface area contributed by atoms with Crippen LogP contribution >= 0.6 is 0 Å². The summed E-state index contributed by atoms with van der Waals surface area (Å²) in [6.07, 6.45) is 5.85. The van der Waals surface area contributed by atoms with Gasteiger partial charge in [0.15, 0.2) is 0 Å². The molecule has 4 N–H and O–H groups in total. The van der Waals surface area contributed by atoms with Gasteiger partial charge in [-0.2, -0.15) is 5.10 Å². The van der Waals surface area contributed by atoms with E-state index >= 15 is 0 Å². The van der Waals surface area contributed by atoms with Crippen LogP contribution in [0.1, 0.15) is 46.0 Å². The summed E-state index contributed by atoms with van der Waals surface area (Å²) in [5.74, 6) is 1.35. The van der Waals surface area contributed by atoms with Crippen LogP contribution in [-0.4, -0.2) is 28.3 Å². The molecule has 0 radical (unpaired) electrons. The first-order valence-corrected chi connectivity index (χ1v) is 7.03. The second-order valence-electron chi connectivity index (χ2n) is 5.40. The van der Waals surface area contributed by atoms with E-state index in [-0.39, 0.29) is 6.03 Å². The Labute approximate surface area is 113 Å². The van der Waals surface area contributed by atoms with Gasteiger partial charge in [0, 0.05) is 18.2 Å². The molecule has 2 amide bonds. The number of hydrogen-bond donors (Lipinski definition) is 4. The highest BCUT2D eigenvalue weighted by Crippen LogP contribution is 2.17. The summed E-state index contributed by atoms with van der Waals surface area (Å²) in [5.41, 5.74) is 0. The van der Waals surface area contributed by atoms with Crippen LogP contribution < -0.4 is 16.0 Å². The van der Waals surface area contributed by atoms with Gasteiger partial charge in [0.2, 0.25) is 0 Å². The molecule has 1 saturated carbocycles. The van der Waals surface area contributed by atoms with E-state index in [9.17, 15) is 4.79 Å². The Morgan fingerprint density at radius 1 is 1.37 bits per heavy atom. The molecule has 0 bridgehead atoms. The van der Waals surface area contributed by atoms with E-state index in [0.717, 1.165) is 18.7 Å². The summed E-state index contributed by atoms with van der Waals surface area (Å²) in [6, 6.07) is 2.25. The Morgan fingerprint density at radius 3 is 2.79 bits per heavy atom. The number of anilines is 2. The molecule has 1 aromatic rings. The van der Waals surface area contributed by atoms with Crippen molar-refractivity contribution in [1.82, 2.24) is 15.5 Å². The van der Waals surface area contributed by atoms with Gasteiger partial charge >= 0.3 is 6.03 Å². The van der Waals surface area contributed by atoms with Crippen LogP contribution in [0.3, 0.4) is 0 Å². The van der Waals surface area contributed by atoms with E-state index in [1.54, 1.807) is 6.07 Å². The van der Waals surface area contributed by atoms with Crippen LogP contribution in [0.15, 0.2) is 6.07 Å². The smallest absolute Gasteiger partial charge is 0.320 e. The molecular weight excluding hydrogens is 242 g/mol. The zero-order chi connectivity index (χ0) is 13.7. The molecule has 0 aliphatic heterocycles. The van der Waals surface area contributed by atoms with E-state index in [2.05, 4.69) is 26.1 Å². The van der Waals surface area contributed by atoms with Gasteiger partial charge in [0.05, 0.1) is 0 Å². The van der Waals surface area contributed by atoms with E-state index in [1.165, 1.54) is 19.3 Å². The van der Waals surface area contributed by atoms with Crippen LogP contribution in [-0.2, 0) is 0 Å². The van der Waals surface area contributed by atoms with Gasteiger partial charge in [-0.25, -0.2) is 4.79 Å².